The molecule has 6 heteroatoms. The highest BCUT2D eigenvalue weighted by atomic mass is 35.5. The van der Waals surface area contributed by atoms with Gasteiger partial charge in [-0.25, -0.2) is 9.78 Å². The number of likely N-dealkylation sites (tertiary alicyclic amines) is 1. The Hall–Kier alpha value is -2.01. The molecule has 5 nitrogen and oxygen atoms in total. The molecule has 1 aliphatic rings. The number of anilines is 1. The zero-order valence-electron chi connectivity index (χ0n) is 13.3. The Balaban J connectivity index is 1.77. The van der Waals surface area contributed by atoms with Crippen LogP contribution in [0, 0.1) is 12.8 Å². The number of hydrogen-bond donors (Lipinski definition) is 1. The van der Waals surface area contributed by atoms with Crippen molar-refractivity contribution in [3.05, 3.63) is 47.0 Å². The van der Waals surface area contributed by atoms with Crippen LogP contribution >= 0.6 is 11.6 Å². The maximum absolute atomic E-state index is 12.6. The number of halogens is 1. The molecule has 0 radical (unpaired) electrons. The number of amides is 2. The van der Waals surface area contributed by atoms with Crippen molar-refractivity contribution in [3.63, 3.8) is 0 Å². The van der Waals surface area contributed by atoms with E-state index in [9.17, 15) is 4.79 Å². The molecule has 2 amide bonds. The number of nitrogens with zero attached hydrogens (tertiary/aromatic N) is 2. The van der Waals surface area contributed by atoms with Gasteiger partial charge in [0, 0.05) is 12.7 Å². The van der Waals surface area contributed by atoms with Gasteiger partial charge in [0.1, 0.15) is 17.3 Å². The predicted molar refractivity (Wildman–Crippen MR) is 89.6 cm³/mol. The molecule has 23 heavy (non-hydrogen) atoms. The summed E-state index contributed by atoms with van der Waals surface area (Å²) in [6.07, 6.45) is 3.40. The number of nitrogens with one attached hydrogen (secondary N) is 1. The first kappa shape index (κ1) is 15.9. The number of aromatic nitrogens is 1. The van der Waals surface area contributed by atoms with Crippen molar-refractivity contribution in [2.45, 2.75) is 32.7 Å². The van der Waals surface area contributed by atoms with Crippen LogP contribution in [0.4, 0.5) is 10.6 Å². The Bertz CT molecular complexity index is 683. The van der Waals surface area contributed by atoms with E-state index in [1.165, 1.54) is 6.20 Å². The summed E-state index contributed by atoms with van der Waals surface area (Å²) in [5, 5.41) is 3.38. The number of piperidine rings is 1. The highest BCUT2D eigenvalue weighted by Gasteiger charge is 2.33. The monoisotopic (exact) mass is 333 g/mol. The quantitative estimate of drug-likeness (QED) is 0.870. The lowest BCUT2D eigenvalue weighted by molar-refractivity contribution is 0.128. The lowest BCUT2D eigenvalue weighted by Crippen LogP contribution is -2.43. The van der Waals surface area contributed by atoms with Crippen molar-refractivity contribution in [2.75, 3.05) is 11.9 Å². The van der Waals surface area contributed by atoms with Crippen molar-refractivity contribution in [3.8, 4) is 0 Å². The second kappa shape index (κ2) is 6.62. The van der Waals surface area contributed by atoms with Gasteiger partial charge in [0.2, 0.25) is 0 Å². The molecule has 3 heterocycles. The van der Waals surface area contributed by atoms with Crippen LogP contribution in [0.2, 0.25) is 5.02 Å². The van der Waals surface area contributed by atoms with Crippen LogP contribution in [0.25, 0.3) is 0 Å². The van der Waals surface area contributed by atoms with Gasteiger partial charge in [0.05, 0.1) is 11.1 Å². The molecule has 122 valence electrons. The smallest absolute Gasteiger partial charge is 0.323 e. The summed E-state index contributed by atoms with van der Waals surface area (Å²) < 4.78 is 5.76. The number of aryl methyl sites for hydroxylation is 1. The molecular formula is C17H20ClN3O2. The summed E-state index contributed by atoms with van der Waals surface area (Å²) in [4.78, 5) is 18.6. The van der Waals surface area contributed by atoms with Gasteiger partial charge in [-0.05, 0) is 49.9 Å². The second-order valence-electron chi connectivity index (χ2n) is 6.08. The molecule has 0 aromatic carbocycles. The first-order chi connectivity index (χ1) is 11.0. The molecule has 1 aliphatic heterocycles. The number of urea groups is 1. The number of furan rings is 1. The molecule has 1 saturated heterocycles. The molecule has 2 atom stereocenters. The highest BCUT2D eigenvalue weighted by molar-refractivity contribution is 6.30. The summed E-state index contributed by atoms with van der Waals surface area (Å²) in [5.41, 5.74) is 0. The molecule has 2 aromatic heterocycles. The largest absolute Gasteiger partial charge is 0.464 e. The molecule has 1 fully saturated rings. The minimum Gasteiger partial charge on any atom is -0.464 e. The molecular weight excluding hydrogens is 314 g/mol. The fraction of sp³-hybridized carbons (Fsp3) is 0.412. The maximum Gasteiger partial charge on any atom is 0.323 e. The zero-order chi connectivity index (χ0) is 16.4. The SMILES string of the molecule is Cc1ccc(C2CC(C)CCN2C(=O)Nc2ccc(Cl)cn2)o1. The molecule has 3 rings (SSSR count). The van der Waals surface area contributed by atoms with Crippen LogP contribution in [0.1, 0.15) is 37.3 Å². The van der Waals surface area contributed by atoms with Crippen LogP contribution in [-0.2, 0) is 0 Å². The minimum atomic E-state index is -0.161. The fourth-order valence-corrected chi connectivity index (χ4v) is 3.03. The fourth-order valence-electron chi connectivity index (χ4n) is 2.92. The van der Waals surface area contributed by atoms with Crippen molar-refractivity contribution in [1.82, 2.24) is 9.88 Å². The van der Waals surface area contributed by atoms with Crippen molar-refractivity contribution in [1.29, 1.82) is 0 Å². The van der Waals surface area contributed by atoms with Crippen LogP contribution < -0.4 is 5.32 Å². The number of carbonyl (C=O) groups excluding carboxylic acids is 1. The van der Waals surface area contributed by atoms with Crippen LogP contribution in [0.3, 0.4) is 0 Å². The minimum absolute atomic E-state index is 0.0419. The van der Waals surface area contributed by atoms with E-state index in [0.29, 0.717) is 23.3 Å². The van der Waals surface area contributed by atoms with Crippen LogP contribution in [0.5, 0.6) is 0 Å². The molecule has 0 spiro atoms. The van der Waals surface area contributed by atoms with Gasteiger partial charge in [-0.1, -0.05) is 18.5 Å². The van der Waals surface area contributed by atoms with Gasteiger partial charge >= 0.3 is 6.03 Å². The Labute approximate surface area is 140 Å². The molecule has 2 unspecified atom stereocenters. The second-order valence-corrected chi connectivity index (χ2v) is 6.52. The average Bonchev–Trinajstić information content (AvgIpc) is 2.96. The molecule has 0 saturated carbocycles. The summed E-state index contributed by atoms with van der Waals surface area (Å²) in [7, 11) is 0. The van der Waals surface area contributed by atoms with E-state index in [0.717, 1.165) is 24.4 Å². The Kier molecular flexibility index (Phi) is 4.57. The third-order valence-electron chi connectivity index (χ3n) is 4.18. The molecule has 0 bridgehead atoms. The first-order valence-corrected chi connectivity index (χ1v) is 8.16. The van der Waals surface area contributed by atoms with Crippen LogP contribution in [0.15, 0.2) is 34.9 Å². The van der Waals surface area contributed by atoms with E-state index >= 15 is 0 Å². The number of pyridine rings is 1. The number of carbonyl (C=O) groups is 1. The van der Waals surface area contributed by atoms with E-state index in [1.54, 1.807) is 12.1 Å². The third kappa shape index (κ3) is 3.67. The van der Waals surface area contributed by atoms with Gasteiger partial charge in [0.15, 0.2) is 0 Å². The highest BCUT2D eigenvalue weighted by Crippen LogP contribution is 2.35. The zero-order valence-corrected chi connectivity index (χ0v) is 14.0. The Morgan fingerprint density at radius 3 is 2.87 bits per heavy atom. The average molecular weight is 334 g/mol. The van der Waals surface area contributed by atoms with E-state index in [-0.39, 0.29) is 12.1 Å². The van der Waals surface area contributed by atoms with Gasteiger partial charge in [0.25, 0.3) is 0 Å². The Morgan fingerprint density at radius 1 is 1.39 bits per heavy atom. The number of hydrogen-bond acceptors (Lipinski definition) is 3. The maximum atomic E-state index is 12.6. The van der Waals surface area contributed by atoms with Gasteiger partial charge in [-0.15, -0.1) is 0 Å². The van der Waals surface area contributed by atoms with Crippen molar-refractivity contribution < 1.29 is 9.21 Å². The normalized spacial score (nSPS) is 21.3. The summed E-state index contributed by atoms with van der Waals surface area (Å²) >= 11 is 5.82. The van der Waals surface area contributed by atoms with E-state index in [2.05, 4.69) is 17.2 Å². The van der Waals surface area contributed by atoms with Crippen molar-refractivity contribution in [2.24, 2.45) is 5.92 Å². The first-order valence-electron chi connectivity index (χ1n) is 7.78. The van der Waals surface area contributed by atoms with Crippen LogP contribution in [-0.4, -0.2) is 22.5 Å². The molecule has 0 aliphatic carbocycles. The summed E-state index contributed by atoms with van der Waals surface area (Å²) in [5.74, 6) is 2.75. The van der Waals surface area contributed by atoms with E-state index in [1.807, 2.05) is 24.0 Å². The lowest BCUT2D eigenvalue weighted by Gasteiger charge is -2.37. The Morgan fingerprint density at radius 2 is 2.22 bits per heavy atom. The predicted octanol–water partition coefficient (Wildman–Crippen LogP) is 4.64. The van der Waals surface area contributed by atoms with Crippen molar-refractivity contribution >= 4 is 23.4 Å². The summed E-state index contributed by atoms with van der Waals surface area (Å²) in [6, 6.07) is 7.09. The van der Waals surface area contributed by atoms with E-state index in [4.69, 9.17) is 16.0 Å². The number of rotatable bonds is 2. The van der Waals surface area contributed by atoms with Gasteiger partial charge in [-0.3, -0.25) is 5.32 Å². The molecule has 1 N–H and O–H groups in total. The lowest BCUT2D eigenvalue weighted by atomic mass is 9.91. The van der Waals surface area contributed by atoms with Gasteiger partial charge < -0.3 is 9.32 Å². The van der Waals surface area contributed by atoms with Gasteiger partial charge in [-0.2, -0.15) is 0 Å². The topological polar surface area (TPSA) is 58.4 Å². The standard InChI is InChI=1S/C17H20ClN3O2/c1-11-7-8-21(14(9-11)15-5-3-12(2)23-15)17(22)20-16-6-4-13(18)10-19-16/h3-6,10-11,14H,7-9H2,1-2H3,(H,19,20,22). The summed E-state index contributed by atoms with van der Waals surface area (Å²) in [6.45, 7) is 4.82. The molecule has 2 aromatic rings. The third-order valence-corrected chi connectivity index (χ3v) is 4.40. The van der Waals surface area contributed by atoms with E-state index < -0.39 is 0 Å².